The van der Waals surface area contributed by atoms with E-state index in [0.717, 1.165) is 0 Å². The van der Waals surface area contributed by atoms with E-state index in [1.54, 1.807) is 13.8 Å². The minimum atomic E-state index is -5.53. The highest BCUT2D eigenvalue weighted by molar-refractivity contribution is 4.74. The molecule has 1 nitrogen and oxygen atoms in total. The topological polar surface area (TPSA) is 9.23 Å². The molecule has 0 saturated carbocycles. The average molecular weight is 220 g/mol. The Kier molecular flexibility index (Phi) is 4.77. The molecule has 0 saturated heterocycles. The fourth-order valence-electron chi connectivity index (χ4n) is 0.588. The van der Waals surface area contributed by atoms with Crippen molar-refractivity contribution < 1.29 is 26.7 Å². The van der Waals surface area contributed by atoms with Crippen LogP contribution >= 0.6 is 0 Å². The maximum absolute atomic E-state index is 12.2. The fraction of sp³-hybridized carbons (Fsp3) is 1.00. The Hall–Kier alpha value is -0.390. The molecule has 0 rings (SSSR count). The van der Waals surface area contributed by atoms with Crippen LogP contribution < -0.4 is 0 Å². The van der Waals surface area contributed by atoms with Crippen molar-refractivity contribution in [2.24, 2.45) is 5.92 Å². The van der Waals surface area contributed by atoms with Gasteiger partial charge in [0.25, 0.3) is 0 Å². The lowest BCUT2D eigenvalue weighted by Crippen LogP contribution is -2.41. The highest BCUT2D eigenvalue weighted by atomic mass is 19.4. The Balaban J connectivity index is 3.89. The van der Waals surface area contributed by atoms with Gasteiger partial charge in [0, 0.05) is 6.61 Å². The molecule has 0 aliphatic carbocycles. The van der Waals surface area contributed by atoms with Crippen LogP contribution in [0.5, 0.6) is 0 Å². The summed E-state index contributed by atoms with van der Waals surface area (Å²) in [6.45, 7) is 1.84. The quantitative estimate of drug-likeness (QED) is 0.646. The molecule has 0 aliphatic rings. The van der Waals surface area contributed by atoms with Crippen molar-refractivity contribution in [2.75, 3.05) is 13.2 Å². The Bertz CT molecular complexity index is 166. The Morgan fingerprint density at radius 2 is 1.64 bits per heavy atom. The molecule has 0 aromatic heterocycles. The van der Waals surface area contributed by atoms with Crippen LogP contribution in [-0.4, -0.2) is 25.3 Å². The fourth-order valence-corrected chi connectivity index (χ4v) is 0.588. The molecule has 0 heterocycles. The van der Waals surface area contributed by atoms with Crippen molar-refractivity contribution in [3.63, 3.8) is 0 Å². The third-order valence-corrected chi connectivity index (χ3v) is 1.80. The van der Waals surface area contributed by atoms with Gasteiger partial charge in [-0.1, -0.05) is 20.3 Å². The summed E-state index contributed by atoms with van der Waals surface area (Å²) in [7, 11) is 0. The summed E-state index contributed by atoms with van der Waals surface area (Å²) < 4.78 is 63.6. The van der Waals surface area contributed by atoms with Gasteiger partial charge in [-0.25, -0.2) is 0 Å². The van der Waals surface area contributed by atoms with Crippen molar-refractivity contribution in [3.05, 3.63) is 0 Å². The third kappa shape index (κ3) is 4.21. The van der Waals surface area contributed by atoms with Crippen LogP contribution in [0.25, 0.3) is 0 Å². The highest BCUT2D eigenvalue weighted by Crippen LogP contribution is 2.35. The van der Waals surface area contributed by atoms with Gasteiger partial charge in [0.05, 0.1) is 0 Å². The number of alkyl halides is 5. The first-order chi connectivity index (χ1) is 6.20. The monoisotopic (exact) mass is 220 g/mol. The average Bonchev–Trinajstić information content (AvgIpc) is 2.01. The second kappa shape index (κ2) is 4.91. The number of halogens is 5. The Labute approximate surface area is 79.2 Å². The first kappa shape index (κ1) is 13.6. The molecule has 0 radical (unpaired) electrons. The smallest absolute Gasteiger partial charge is 0.375 e. The number of ether oxygens (including phenoxy) is 1. The van der Waals surface area contributed by atoms with Gasteiger partial charge < -0.3 is 4.74 Å². The molecular weight excluding hydrogens is 207 g/mol. The summed E-state index contributed by atoms with van der Waals surface area (Å²) in [6, 6.07) is 0. The maximum Gasteiger partial charge on any atom is 0.455 e. The van der Waals surface area contributed by atoms with E-state index < -0.39 is 18.7 Å². The molecule has 0 aliphatic heterocycles. The summed E-state index contributed by atoms with van der Waals surface area (Å²) in [5, 5.41) is 0. The predicted molar refractivity (Wildman–Crippen MR) is 41.3 cm³/mol. The van der Waals surface area contributed by atoms with Crippen molar-refractivity contribution in [1.29, 1.82) is 0 Å². The predicted octanol–water partition coefficient (Wildman–Crippen LogP) is 3.25. The van der Waals surface area contributed by atoms with Crippen LogP contribution in [0.15, 0.2) is 0 Å². The Morgan fingerprint density at radius 3 is 2.00 bits per heavy atom. The summed E-state index contributed by atoms with van der Waals surface area (Å²) in [4.78, 5) is 0. The van der Waals surface area contributed by atoms with E-state index in [4.69, 9.17) is 0 Å². The zero-order valence-electron chi connectivity index (χ0n) is 8.00. The van der Waals surface area contributed by atoms with Gasteiger partial charge in [0.15, 0.2) is 0 Å². The van der Waals surface area contributed by atoms with E-state index in [0.29, 0.717) is 6.42 Å². The molecule has 0 amide bonds. The minimum Gasteiger partial charge on any atom is -0.375 e. The van der Waals surface area contributed by atoms with Gasteiger partial charge in [-0.3, -0.25) is 0 Å². The van der Waals surface area contributed by atoms with E-state index in [9.17, 15) is 22.0 Å². The van der Waals surface area contributed by atoms with Gasteiger partial charge >= 0.3 is 12.1 Å². The first-order valence-electron chi connectivity index (χ1n) is 4.23. The minimum absolute atomic E-state index is 0.0148. The van der Waals surface area contributed by atoms with Gasteiger partial charge in [-0.2, -0.15) is 22.0 Å². The van der Waals surface area contributed by atoms with Gasteiger partial charge in [0.1, 0.15) is 6.61 Å². The standard InChI is InChI=1S/C8H13F5O/c1-3-6(2)4-14-5-7(9,10)8(11,12)13/h6H,3-5H2,1-2H3. The van der Waals surface area contributed by atoms with E-state index >= 15 is 0 Å². The van der Waals surface area contributed by atoms with Crippen molar-refractivity contribution >= 4 is 0 Å². The molecule has 0 aromatic rings. The number of hydrogen-bond donors (Lipinski definition) is 0. The zero-order valence-corrected chi connectivity index (χ0v) is 8.00. The summed E-state index contributed by atoms with van der Waals surface area (Å²) in [5.74, 6) is -4.76. The van der Waals surface area contributed by atoms with Crippen LogP contribution in [-0.2, 0) is 4.74 Å². The molecule has 0 bridgehead atoms. The van der Waals surface area contributed by atoms with E-state index in [1.807, 2.05) is 0 Å². The second-order valence-electron chi connectivity index (χ2n) is 3.23. The van der Waals surface area contributed by atoms with Crippen LogP contribution in [0.4, 0.5) is 22.0 Å². The van der Waals surface area contributed by atoms with Gasteiger partial charge in [0.2, 0.25) is 0 Å². The highest BCUT2D eigenvalue weighted by Gasteiger charge is 2.57. The molecule has 1 unspecified atom stereocenters. The zero-order chi connectivity index (χ0) is 11.4. The van der Waals surface area contributed by atoms with Crippen LogP contribution in [0.2, 0.25) is 0 Å². The molecule has 1 atom stereocenters. The first-order valence-corrected chi connectivity index (χ1v) is 4.23. The van der Waals surface area contributed by atoms with Gasteiger partial charge in [-0.05, 0) is 5.92 Å². The summed E-state index contributed by atoms with van der Waals surface area (Å²) >= 11 is 0. The molecule has 0 aromatic carbocycles. The number of hydrogen-bond acceptors (Lipinski definition) is 1. The molecule has 6 heteroatoms. The molecule has 0 fully saturated rings. The second-order valence-corrected chi connectivity index (χ2v) is 3.23. The molecule has 0 N–H and O–H groups in total. The largest absolute Gasteiger partial charge is 0.455 e. The Morgan fingerprint density at radius 1 is 1.14 bits per heavy atom. The van der Waals surface area contributed by atoms with Crippen molar-refractivity contribution in [2.45, 2.75) is 32.4 Å². The van der Waals surface area contributed by atoms with Crippen molar-refractivity contribution in [1.82, 2.24) is 0 Å². The summed E-state index contributed by atoms with van der Waals surface area (Å²) in [5.41, 5.74) is 0. The molecular formula is C8H13F5O. The lowest BCUT2D eigenvalue weighted by atomic mass is 10.1. The van der Waals surface area contributed by atoms with E-state index in [1.165, 1.54) is 0 Å². The lowest BCUT2D eigenvalue weighted by Gasteiger charge is -2.20. The molecule has 14 heavy (non-hydrogen) atoms. The van der Waals surface area contributed by atoms with Crippen LogP contribution in [0, 0.1) is 5.92 Å². The number of rotatable bonds is 5. The third-order valence-electron chi connectivity index (χ3n) is 1.80. The maximum atomic E-state index is 12.2. The normalized spacial score (nSPS) is 15.6. The summed E-state index contributed by atoms with van der Waals surface area (Å²) in [6.07, 6.45) is -4.85. The van der Waals surface area contributed by atoms with E-state index in [-0.39, 0.29) is 12.5 Å². The van der Waals surface area contributed by atoms with Gasteiger partial charge in [-0.15, -0.1) is 0 Å². The van der Waals surface area contributed by atoms with Crippen LogP contribution in [0.1, 0.15) is 20.3 Å². The lowest BCUT2D eigenvalue weighted by molar-refractivity contribution is -0.297. The molecule has 86 valence electrons. The SMILES string of the molecule is CCC(C)COCC(F)(F)C(F)(F)F. The van der Waals surface area contributed by atoms with Crippen LogP contribution in [0.3, 0.4) is 0 Å². The van der Waals surface area contributed by atoms with Crippen molar-refractivity contribution in [3.8, 4) is 0 Å². The molecule has 0 spiro atoms. The van der Waals surface area contributed by atoms with E-state index in [2.05, 4.69) is 4.74 Å².